The summed E-state index contributed by atoms with van der Waals surface area (Å²) in [5.74, 6) is -38.3. The summed E-state index contributed by atoms with van der Waals surface area (Å²) in [6.45, 7) is -37.6. The van der Waals surface area contributed by atoms with E-state index in [2.05, 4.69) is 82.5 Å². The molecule has 0 aliphatic carbocycles. The Morgan fingerprint density at radius 1 is 0.265 bits per heavy atom. The molecule has 0 fully saturated rings. The monoisotopic (exact) mass is 1800 g/mol. The number of ether oxygens (including phenoxy) is 12. The third-order valence-corrected chi connectivity index (χ3v) is 13.3. The first-order chi connectivity index (χ1) is 53.3. The zero-order chi connectivity index (χ0) is 88.1. The van der Waals surface area contributed by atoms with Crippen molar-refractivity contribution in [2.75, 3.05) is 79.3 Å². The number of hydrogen-bond acceptors (Lipinski definition) is 21. The summed E-state index contributed by atoms with van der Waals surface area (Å²) in [6.07, 6.45) is -72.3. The van der Waals surface area contributed by atoms with Crippen LogP contribution < -0.4 is 66.8 Å². The fraction of sp³-hybridized carbons (Fsp3) is 0.429. The maximum absolute atomic E-state index is 14.7. The topological polar surface area (TPSA) is 277 Å². The van der Waals surface area contributed by atoms with Gasteiger partial charge in [0, 0.05) is 50.9 Å². The summed E-state index contributed by atoms with van der Waals surface area (Å²) in [6, 6.07) is 1.00. The molecule has 5 heterocycles. The number of nitrogens with zero attached hydrogens (tertiary/aromatic N) is 9. The number of benzene rings is 4. The number of halogens is 36. The van der Waals surface area contributed by atoms with Crippen molar-refractivity contribution in [2.24, 2.45) is 0 Å². The number of non-ortho nitro benzene ring substituents is 1. The molecule has 0 amide bonds. The van der Waals surface area contributed by atoms with Gasteiger partial charge in [-0.1, -0.05) is 0 Å². The molecular formula is C56H27F36N9O15V. The molecule has 24 nitrogen and oxygen atoms in total. The minimum atomic E-state index is -6.12. The van der Waals surface area contributed by atoms with Crippen molar-refractivity contribution in [1.82, 2.24) is 39.9 Å². The van der Waals surface area contributed by atoms with Crippen molar-refractivity contribution in [2.45, 2.75) is 74.1 Å². The van der Waals surface area contributed by atoms with Gasteiger partial charge in [0.15, 0.2) is 114 Å². The molecule has 4 aromatic carbocycles. The summed E-state index contributed by atoms with van der Waals surface area (Å²) in [7, 11) is 0. The van der Waals surface area contributed by atoms with E-state index in [1.54, 1.807) is 0 Å². The number of hydrogen-bond donors (Lipinski definition) is 0. The standard InChI is InChI=1S/C56H27F36N9O14.O.V/c57-45(58,59)4-104-25-19-21(27(106-6-47(63,64)65)33(112-12-53(81,82)83)31(25)110-10-51(75,76)77)41-96-39(19)94-37-17-2-1-16(101(102)103)3-18(17)38(93-37)95-40-20-22(28(107-7-48(66,67)68)34(113-13-54(84,85)86)32(111-11-52(78,79)80)26(20)105-5-46(60,61)62)42(97-40)99-44-24-23(43(98-41)100-44)29(108-8-49(69,70)71)35(114-14-55(87,88)89)36(115-15-56(90,91)92)30(24)109-9-50(72,73)74;;/h1-3H,4-15H2;;/q-2;;+2. The van der Waals surface area contributed by atoms with Crippen LogP contribution in [-0.2, 0) is 21.0 Å². The van der Waals surface area contributed by atoms with Crippen LogP contribution in [-0.4, -0.2) is 188 Å². The van der Waals surface area contributed by atoms with Gasteiger partial charge in [-0.25, -0.2) is 9.97 Å². The second kappa shape index (κ2) is 32.9. The predicted molar refractivity (Wildman–Crippen MR) is 300 cm³/mol. The van der Waals surface area contributed by atoms with Gasteiger partial charge in [0.25, 0.3) is 5.69 Å². The minimum absolute atomic E-state index is 0.226. The molecule has 61 heteroatoms. The first kappa shape index (κ1) is 91.6. The maximum atomic E-state index is 14.7. The molecule has 0 radical (unpaired) electrons. The first-order valence-corrected chi connectivity index (χ1v) is 30.1. The molecule has 117 heavy (non-hydrogen) atoms. The van der Waals surface area contributed by atoms with Gasteiger partial charge in [0.2, 0.25) is 34.5 Å². The SMILES string of the molecule is O=[N+]([O-])c1ccc2c3nc4nc(nc5[n-]c(nc6nc(nc([n-]3)c2c1)-c1c(OCC(F)(F)F)c(OCC(F)(F)F)c(OCC(F)(F)F)c(OCC(F)(F)F)c1-6)c1c(OCC(F)(F)F)c(OCC(F)(F)F)c(OCC(F)(F)F)c(OCC(F)(F)F)c51)-c1c(OCC(F)(F)F)c(OCC(F)(F)F)c(OCC(F)(F)F)c(OCC(F)(F)F)c1-4.[O]=[V+2]. The normalized spacial score (nSPS) is 13.4. The van der Waals surface area contributed by atoms with Crippen molar-refractivity contribution < 1.29 is 241 Å². The number of alkyl halides is 36. The van der Waals surface area contributed by atoms with Crippen molar-refractivity contribution >= 4 is 49.8 Å². The Morgan fingerprint density at radius 2 is 0.444 bits per heavy atom. The number of rotatable bonds is 25. The van der Waals surface area contributed by atoms with Crippen molar-refractivity contribution in [3.05, 3.63) is 28.3 Å². The summed E-state index contributed by atoms with van der Waals surface area (Å²) in [4.78, 5) is 40.5. The van der Waals surface area contributed by atoms with E-state index >= 15 is 0 Å². The van der Waals surface area contributed by atoms with Crippen LogP contribution in [0.5, 0.6) is 69.0 Å². The van der Waals surface area contributed by atoms with E-state index in [1.165, 1.54) is 0 Å². The molecule has 8 bridgehead atoms. The molecule has 0 unspecified atom stereocenters. The van der Waals surface area contributed by atoms with E-state index in [9.17, 15) is 168 Å². The van der Waals surface area contributed by atoms with Crippen LogP contribution in [0.2, 0.25) is 0 Å². The van der Waals surface area contributed by atoms with Gasteiger partial charge in [-0.3, -0.25) is 10.1 Å². The van der Waals surface area contributed by atoms with E-state index < -0.39 is 323 Å². The molecule has 9 rings (SSSR count). The second-order valence-electron chi connectivity index (χ2n) is 22.5. The van der Waals surface area contributed by atoms with Gasteiger partial charge in [0.05, 0.1) is 50.5 Å². The fourth-order valence-electron chi connectivity index (χ4n) is 9.66. The van der Waals surface area contributed by atoms with E-state index in [0.717, 1.165) is 17.4 Å². The molecule has 643 valence electrons. The van der Waals surface area contributed by atoms with Gasteiger partial charge in [-0.05, 0) is 11.5 Å². The third-order valence-electron chi connectivity index (χ3n) is 13.3. The Bertz CT molecular complexity index is 5030. The zero-order valence-corrected chi connectivity index (χ0v) is 56.3. The molecule has 0 spiro atoms. The van der Waals surface area contributed by atoms with Crippen LogP contribution in [0.15, 0.2) is 18.2 Å². The van der Waals surface area contributed by atoms with Gasteiger partial charge in [-0.2, -0.15) is 158 Å². The van der Waals surface area contributed by atoms with Crippen LogP contribution in [0.1, 0.15) is 0 Å². The quantitative estimate of drug-likeness (QED) is 0.0292. The summed E-state index contributed by atoms with van der Waals surface area (Å²) in [5.41, 5.74) is -17.4. The third kappa shape index (κ3) is 24.4. The van der Waals surface area contributed by atoms with Crippen LogP contribution in [0, 0.1) is 10.1 Å². The summed E-state index contributed by atoms with van der Waals surface area (Å²) >= 11 is 1.06. The number of nitro benzene ring substituents is 1. The van der Waals surface area contributed by atoms with Crippen LogP contribution in [0.3, 0.4) is 0 Å². The molecule has 0 saturated heterocycles. The average molecular weight is 1800 g/mol. The zero-order valence-electron chi connectivity index (χ0n) is 54.9. The van der Waals surface area contributed by atoms with Gasteiger partial charge in [-0.15, -0.1) is 0 Å². The number of fused-ring (bicyclic) bond motifs is 20. The Hall–Kier alpha value is -10.9. The first-order valence-electron chi connectivity index (χ1n) is 29.5. The van der Waals surface area contributed by atoms with Crippen LogP contribution >= 0.6 is 0 Å². The Labute approximate surface area is 625 Å². The van der Waals surface area contributed by atoms with E-state index in [1.807, 2.05) is 0 Å². The van der Waals surface area contributed by atoms with E-state index in [4.69, 9.17) is 17.9 Å². The molecule has 0 atom stereocenters. The molecule has 0 N–H and O–H groups in total. The molecule has 0 saturated carbocycles. The van der Waals surface area contributed by atoms with E-state index in [-0.39, 0.29) is 6.07 Å². The second-order valence-corrected chi connectivity index (χ2v) is 22.5. The van der Waals surface area contributed by atoms with E-state index in [0.29, 0.717) is 12.1 Å². The average Bonchev–Trinajstić information content (AvgIpc) is 1.58. The Kier molecular flexibility index (Phi) is 25.8. The van der Waals surface area contributed by atoms with Crippen molar-refractivity contribution in [3.63, 3.8) is 0 Å². The molecule has 2 aliphatic heterocycles. The summed E-state index contributed by atoms with van der Waals surface area (Å²) in [5, 5.41) is 5.60. The van der Waals surface area contributed by atoms with Gasteiger partial charge < -0.3 is 86.7 Å². The molecule has 2 aliphatic rings. The molecule has 3 aromatic heterocycles. The molecule has 7 aromatic rings. The predicted octanol–water partition coefficient (Wildman–Crippen LogP) is 17.2. The Balaban J connectivity index is 0.00000847. The van der Waals surface area contributed by atoms with Crippen molar-refractivity contribution in [1.29, 1.82) is 0 Å². The van der Waals surface area contributed by atoms with Crippen LogP contribution in [0.25, 0.3) is 89.7 Å². The Morgan fingerprint density at radius 3 is 0.658 bits per heavy atom. The fourth-order valence-corrected chi connectivity index (χ4v) is 9.66. The van der Waals surface area contributed by atoms with Crippen LogP contribution in [0.4, 0.5) is 164 Å². The molecular weight excluding hydrogens is 1770 g/mol. The van der Waals surface area contributed by atoms with Gasteiger partial charge in [0.1, 0.15) is 0 Å². The summed E-state index contributed by atoms with van der Waals surface area (Å²) < 4.78 is 584. The number of nitro groups is 1. The van der Waals surface area contributed by atoms with Crippen molar-refractivity contribution in [3.8, 4) is 115 Å². The number of aromatic nitrogens is 8. The van der Waals surface area contributed by atoms with Gasteiger partial charge >= 0.3 is 95.2 Å².